The molecule has 3 heterocycles. The summed E-state index contributed by atoms with van der Waals surface area (Å²) in [5, 5.41) is 9.12. The number of carboxylic acids is 1. The van der Waals surface area contributed by atoms with Gasteiger partial charge < -0.3 is 19.6 Å². The van der Waals surface area contributed by atoms with Crippen LogP contribution in [0.2, 0.25) is 0 Å². The van der Waals surface area contributed by atoms with Gasteiger partial charge in [-0.2, -0.15) is 26.3 Å². The molecular weight excluding hydrogens is 510 g/mol. The summed E-state index contributed by atoms with van der Waals surface area (Å²) in [6.45, 7) is 4.19. The third kappa shape index (κ3) is 6.22. The number of amides is 1. The first kappa shape index (κ1) is 27.3. The first-order chi connectivity index (χ1) is 17.2. The minimum atomic E-state index is -5.75. The van der Waals surface area contributed by atoms with Gasteiger partial charge in [0.05, 0.1) is 6.54 Å². The summed E-state index contributed by atoms with van der Waals surface area (Å²) in [6, 6.07) is 6.36. The fourth-order valence-corrected chi connectivity index (χ4v) is 5.31. The first-order valence-corrected chi connectivity index (χ1v) is 11.9. The number of piperazine rings is 2. The second kappa shape index (κ2) is 10.2. The van der Waals surface area contributed by atoms with Crippen LogP contribution in [-0.2, 0) is 16.1 Å². The van der Waals surface area contributed by atoms with E-state index < -0.39 is 30.5 Å². The first-order valence-electron chi connectivity index (χ1n) is 11.9. The Morgan fingerprint density at radius 2 is 1.68 bits per heavy atom. The average Bonchev–Trinajstić information content (AvgIpc) is 3.37. The Morgan fingerprint density at radius 1 is 1.03 bits per heavy atom. The van der Waals surface area contributed by atoms with Gasteiger partial charge in [0.2, 0.25) is 0 Å². The molecule has 1 aromatic rings. The van der Waals surface area contributed by atoms with E-state index in [-0.39, 0.29) is 44.8 Å². The summed E-state index contributed by atoms with van der Waals surface area (Å²) in [4.78, 5) is 30.2. The molecule has 0 spiro atoms. The van der Waals surface area contributed by atoms with Crippen molar-refractivity contribution in [1.82, 2.24) is 14.7 Å². The highest BCUT2D eigenvalue weighted by atomic mass is 19.4. The number of likely N-dealkylation sites (tertiary alicyclic amines) is 1. The number of anilines is 1. The number of aryl methyl sites for hydroxylation is 1. The standard InChI is InChI=1S/C23H28F6N4O4/c1-14-2-3-15(18(8-14)33-12-16-9-17(33)11-32(16)13-19(34)35)10-30-4-6-31(7-5-30)21(36)37-20(22(24,25)26)23(27,28)29/h2-3,8,16-17,20H,4-7,9-13H2,1H3,(H,34,35). The molecule has 0 aromatic heterocycles. The molecule has 4 rings (SSSR count). The number of carboxylic acid groups (broad SMARTS) is 1. The van der Waals surface area contributed by atoms with E-state index in [2.05, 4.69) is 15.7 Å². The molecule has 1 amide bonds. The largest absolute Gasteiger partial charge is 0.480 e. The van der Waals surface area contributed by atoms with Crippen LogP contribution in [0.15, 0.2) is 18.2 Å². The minimum Gasteiger partial charge on any atom is -0.480 e. The number of alkyl halides is 6. The number of carbonyl (C=O) groups is 2. The lowest BCUT2D eigenvalue weighted by atomic mass is 10.1. The van der Waals surface area contributed by atoms with Crippen LogP contribution in [0.25, 0.3) is 0 Å². The number of carbonyl (C=O) groups excluding carboxylic acids is 1. The van der Waals surface area contributed by atoms with E-state index in [1.54, 1.807) is 0 Å². The number of aliphatic carboxylic acids is 1. The molecule has 37 heavy (non-hydrogen) atoms. The minimum absolute atomic E-state index is 0.00901. The lowest BCUT2D eigenvalue weighted by molar-refractivity contribution is -0.308. The summed E-state index contributed by atoms with van der Waals surface area (Å²) >= 11 is 0. The van der Waals surface area contributed by atoms with Gasteiger partial charge in [0.1, 0.15) is 0 Å². The highest BCUT2D eigenvalue weighted by Crippen LogP contribution is 2.38. The van der Waals surface area contributed by atoms with E-state index in [0.29, 0.717) is 19.6 Å². The SMILES string of the molecule is Cc1ccc(CN2CCN(C(=O)OC(C(F)(F)F)C(F)(F)F)CC2)c(N2CC3CC2CN3CC(=O)O)c1. The molecule has 3 saturated heterocycles. The van der Waals surface area contributed by atoms with Gasteiger partial charge in [-0.15, -0.1) is 0 Å². The van der Waals surface area contributed by atoms with Crippen LogP contribution >= 0.6 is 0 Å². The number of halogens is 6. The van der Waals surface area contributed by atoms with Crippen molar-refractivity contribution in [2.24, 2.45) is 0 Å². The zero-order valence-corrected chi connectivity index (χ0v) is 20.1. The molecule has 0 saturated carbocycles. The zero-order valence-electron chi connectivity index (χ0n) is 20.1. The Bertz CT molecular complexity index is 998. The molecule has 0 radical (unpaired) electrons. The number of fused-ring (bicyclic) bond motifs is 2. The van der Waals surface area contributed by atoms with Crippen molar-refractivity contribution in [3.05, 3.63) is 29.3 Å². The third-order valence-corrected chi connectivity index (χ3v) is 7.08. The molecular formula is C23H28F6N4O4. The molecule has 3 aliphatic rings. The second-order valence-electron chi connectivity index (χ2n) is 9.76. The Morgan fingerprint density at radius 3 is 2.22 bits per heavy atom. The van der Waals surface area contributed by atoms with Crippen LogP contribution in [-0.4, -0.2) is 108 Å². The van der Waals surface area contributed by atoms with Crippen molar-refractivity contribution in [3.8, 4) is 0 Å². The van der Waals surface area contributed by atoms with E-state index >= 15 is 0 Å². The monoisotopic (exact) mass is 538 g/mol. The molecule has 3 fully saturated rings. The highest BCUT2D eigenvalue weighted by molar-refractivity contribution is 5.69. The van der Waals surface area contributed by atoms with Crippen molar-refractivity contribution in [2.45, 2.75) is 50.4 Å². The van der Waals surface area contributed by atoms with Crippen molar-refractivity contribution >= 4 is 17.7 Å². The smallest absolute Gasteiger partial charge is 0.434 e. The summed E-state index contributed by atoms with van der Waals surface area (Å²) in [5.41, 5.74) is 3.09. The Balaban J connectivity index is 1.36. The van der Waals surface area contributed by atoms with Crippen LogP contribution in [0.4, 0.5) is 36.8 Å². The maximum Gasteiger partial charge on any atom is 0.434 e. The van der Waals surface area contributed by atoms with E-state index in [0.717, 1.165) is 28.1 Å². The van der Waals surface area contributed by atoms with Gasteiger partial charge in [-0.25, -0.2) is 4.79 Å². The van der Waals surface area contributed by atoms with E-state index in [1.165, 1.54) is 0 Å². The van der Waals surface area contributed by atoms with Crippen molar-refractivity contribution in [3.63, 3.8) is 0 Å². The van der Waals surface area contributed by atoms with Gasteiger partial charge in [-0.05, 0) is 30.5 Å². The lowest BCUT2D eigenvalue weighted by Crippen LogP contribution is -2.52. The summed E-state index contributed by atoms with van der Waals surface area (Å²) in [5.74, 6) is -0.856. The molecule has 0 aliphatic carbocycles. The number of nitrogens with zero attached hydrogens (tertiary/aromatic N) is 4. The van der Waals surface area contributed by atoms with Crippen molar-refractivity contribution in [1.29, 1.82) is 0 Å². The van der Waals surface area contributed by atoms with Gasteiger partial charge in [-0.3, -0.25) is 14.6 Å². The summed E-state index contributed by atoms with van der Waals surface area (Å²) in [7, 11) is 0. The summed E-state index contributed by atoms with van der Waals surface area (Å²) in [6.07, 6.45) is -16.4. The van der Waals surface area contributed by atoms with Gasteiger partial charge in [0.15, 0.2) is 0 Å². The van der Waals surface area contributed by atoms with E-state index in [1.807, 2.05) is 28.9 Å². The third-order valence-electron chi connectivity index (χ3n) is 7.08. The highest BCUT2D eigenvalue weighted by Gasteiger charge is 2.60. The predicted octanol–water partition coefficient (Wildman–Crippen LogP) is 3.09. The molecule has 206 valence electrons. The maximum atomic E-state index is 12.7. The molecule has 2 atom stereocenters. The zero-order chi connectivity index (χ0) is 27.1. The number of ether oxygens (including phenoxy) is 1. The molecule has 14 heteroatoms. The van der Waals surface area contributed by atoms with Crippen LogP contribution < -0.4 is 4.90 Å². The van der Waals surface area contributed by atoms with Crippen LogP contribution in [0.5, 0.6) is 0 Å². The average molecular weight is 538 g/mol. The van der Waals surface area contributed by atoms with Crippen LogP contribution in [0.1, 0.15) is 17.5 Å². The van der Waals surface area contributed by atoms with E-state index in [9.17, 15) is 35.9 Å². The number of hydrogen-bond acceptors (Lipinski definition) is 6. The van der Waals surface area contributed by atoms with Crippen LogP contribution in [0.3, 0.4) is 0 Å². The maximum absolute atomic E-state index is 12.7. The molecule has 2 unspecified atom stereocenters. The predicted molar refractivity (Wildman–Crippen MR) is 119 cm³/mol. The summed E-state index contributed by atoms with van der Waals surface area (Å²) < 4.78 is 80.1. The van der Waals surface area contributed by atoms with Gasteiger partial charge >= 0.3 is 24.4 Å². The van der Waals surface area contributed by atoms with Gasteiger partial charge in [-0.1, -0.05) is 12.1 Å². The van der Waals surface area contributed by atoms with Gasteiger partial charge in [0.25, 0.3) is 6.10 Å². The molecule has 2 bridgehead atoms. The van der Waals surface area contributed by atoms with Crippen molar-refractivity contribution in [2.75, 3.05) is 50.7 Å². The lowest BCUT2D eigenvalue weighted by Gasteiger charge is -2.38. The van der Waals surface area contributed by atoms with Crippen LogP contribution in [0, 0.1) is 6.92 Å². The Labute approximate surface area is 209 Å². The van der Waals surface area contributed by atoms with Gasteiger partial charge in [0, 0.05) is 63.6 Å². The van der Waals surface area contributed by atoms with E-state index in [4.69, 9.17) is 5.11 Å². The quantitative estimate of drug-likeness (QED) is 0.558. The number of rotatable bonds is 6. The fourth-order valence-electron chi connectivity index (χ4n) is 5.31. The second-order valence-corrected chi connectivity index (χ2v) is 9.76. The molecule has 3 aliphatic heterocycles. The Kier molecular flexibility index (Phi) is 7.52. The molecule has 1 aromatic carbocycles. The fraction of sp³-hybridized carbons (Fsp3) is 0.652. The topological polar surface area (TPSA) is 76.6 Å². The van der Waals surface area contributed by atoms with Crippen molar-refractivity contribution < 1.29 is 45.8 Å². The number of hydrogen-bond donors (Lipinski definition) is 1. The molecule has 8 nitrogen and oxygen atoms in total. The number of benzene rings is 1. The molecule has 1 N–H and O–H groups in total. The normalized spacial score (nSPS) is 23.2. The Hall–Kier alpha value is -2.74.